The van der Waals surface area contributed by atoms with E-state index in [1.165, 1.54) is 6.07 Å². The minimum Gasteiger partial charge on any atom is -0.396 e. The van der Waals surface area contributed by atoms with Crippen LogP contribution in [-0.4, -0.2) is 51.2 Å². The molecule has 1 fully saturated rings. The fourth-order valence-corrected chi connectivity index (χ4v) is 3.86. The molecule has 0 aromatic heterocycles. The van der Waals surface area contributed by atoms with Crippen LogP contribution >= 0.6 is 11.6 Å². The molecule has 0 bridgehead atoms. The summed E-state index contributed by atoms with van der Waals surface area (Å²) in [7, 11) is -3.70. The molecule has 22 heavy (non-hydrogen) atoms. The first-order valence-electron chi connectivity index (χ1n) is 7.20. The highest BCUT2D eigenvalue weighted by atomic mass is 35.5. The van der Waals surface area contributed by atoms with E-state index in [0.717, 1.165) is 38.1 Å². The Hall–Kier alpha value is -0.730. The van der Waals surface area contributed by atoms with Crippen molar-refractivity contribution >= 4 is 21.6 Å². The molecule has 2 rings (SSSR count). The van der Waals surface area contributed by atoms with E-state index in [4.69, 9.17) is 11.6 Å². The van der Waals surface area contributed by atoms with Crippen molar-refractivity contribution in [2.45, 2.75) is 17.7 Å². The lowest BCUT2D eigenvalue weighted by Gasteiger charge is -2.31. The van der Waals surface area contributed by atoms with Gasteiger partial charge in [-0.05, 0) is 43.5 Å². The van der Waals surface area contributed by atoms with Crippen molar-refractivity contribution in [1.29, 1.82) is 0 Å². The molecule has 1 aromatic carbocycles. The first kappa shape index (κ1) is 17.6. The molecule has 5 nitrogen and oxygen atoms in total. The van der Waals surface area contributed by atoms with Gasteiger partial charge < -0.3 is 10.0 Å². The normalized spacial score (nSPS) is 20.2. The number of piperidine rings is 1. The average Bonchev–Trinajstić information content (AvgIpc) is 2.50. The molecule has 1 atom stereocenters. The van der Waals surface area contributed by atoms with Gasteiger partial charge in [-0.1, -0.05) is 11.6 Å². The van der Waals surface area contributed by atoms with E-state index in [2.05, 4.69) is 9.62 Å². The number of aliphatic hydroxyl groups excluding tert-OH is 1. The van der Waals surface area contributed by atoms with E-state index in [1.54, 1.807) is 0 Å². The molecule has 0 amide bonds. The van der Waals surface area contributed by atoms with Crippen molar-refractivity contribution < 1.29 is 17.9 Å². The maximum atomic E-state index is 13.1. The van der Waals surface area contributed by atoms with Gasteiger partial charge in [0.05, 0.1) is 9.92 Å². The van der Waals surface area contributed by atoms with Crippen LogP contribution in [0.2, 0.25) is 5.02 Å². The number of benzene rings is 1. The Balaban J connectivity index is 1.88. The molecular weight excluding hydrogens is 331 g/mol. The number of halogens is 2. The third-order valence-electron chi connectivity index (χ3n) is 3.78. The lowest BCUT2D eigenvalue weighted by atomic mass is 9.99. The highest BCUT2D eigenvalue weighted by Crippen LogP contribution is 2.19. The van der Waals surface area contributed by atoms with Crippen LogP contribution in [0.4, 0.5) is 4.39 Å². The first-order chi connectivity index (χ1) is 10.4. The van der Waals surface area contributed by atoms with Gasteiger partial charge in [0, 0.05) is 26.2 Å². The second-order valence-electron chi connectivity index (χ2n) is 5.47. The van der Waals surface area contributed by atoms with Crippen LogP contribution in [0.5, 0.6) is 0 Å². The van der Waals surface area contributed by atoms with E-state index < -0.39 is 15.8 Å². The standard InChI is InChI=1S/C14H20ClFN2O3S/c15-13-8-12(3-4-14(13)16)22(20,21)17-5-7-18-6-1-2-11(9-18)10-19/h3-4,8,11,17,19H,1-2,5-7,9-10H2. The van der Waals surface area contributed by atoms with Crippen LogP contribution in [0.1, 0.15) is 12.8 Å². The molecule has 2 N–H and O–H groups in total. The molecule has 0 radical (unpaired) electrons. The average molecular weight is 351 g/mol. The van der Waals surface area contributed by atoms with Crippen LogP contribution < -0.4 is 4.72 Å². The minimum atomic E-state index is -3.70. The Morgan fingerprint density at radius 2 is 2.23 bits per heavy atom. The number of hydrogen-bond acceptors (Lipinski definition) is 4. The fraction of sp³-hybridized carbons (Fsp3) is 0.571. The summed E-state index contributed by atoms with van der Waals surface area (Å²) in [6.07, 6.45) is 2.01. The van der Waals surface area contributed by atoms with E-state index in [-0.39, 0.29) is 29.0 Å². The zero-order valence-electron chi connectivity index (χ0n) is 12.1. The minimum absolute atomic E-state index is 0.0502. The lowest BCUT2D eigenvalue weighted by Crippen LogP contribution is -2.41. The van der Waals surface area contributed by atoms with Gasteiger partial charge in [0.1, 0.15) is 5.82 Å². The molecule has 124 valence electrons. The van der Waals surface area contributed by atoms with Crippen LogP contribution in [0.15, 0.2) is 23.1 Å². The summed E-state index contributed by atoms with van der Waals surface area (Å²) >= 11 is 5.61. The summed E-state index contributed by atoms with van der Waals surface area (Å²) in [5, 5.41) is 8.96. The molecule has 0 saturated carbocycles. The summed E-state index contributed by atoms with van der Waals surface area (Å²) in [6, 6.07) is 3.32. The Labute approximate surface area is 135 Å². The number of rotatable bonds is 6. The monoisotopic (exact) mass is 350 g/mol. The van der Waals surface area contributed by atoms with Crippen molar-refractivity contribution in [3.8, 4) is 0 Å². The van der Waals surface area contributed by atoms with E-state index in [0.29, 0.717) is 6.54 Å². The molecule has 0 spiro atoms. The zero-order valence-corrected chi connectivity index (χ0v) is 13.7. The smallest absolute Gasteiger partial charge is 0.240 e. The summed E-state index contributed by atoms with van der Waals surface area (Å²) in [5.74, 6) is -0.384. The zero-order chi connectivity index (χ0) is 16.2. The highest BCUT2D eigenvalue weighted by molar-refractivity contribution is 7.89. The van der Waals surface area contributed by atoms with E-state index >= 15 is 0 Å². The van der Waals surface area contributed by atoms with Crippen LogP contribution in [0.25, 0.3) is 0 Å². The second kappa shape index (κ2) is 7.70. The summed E-state index contributed by atoms with van der Waals surface area (Å²) in [6.45, 7) is 2.68. The molecule has 1 saturated heterocycles. The molecule has 8 heteroatoms. The van der Waals surface area contributed by atoms with Crippen molar-refractivity contribution in [1.82, 2.24) is 9.62 Å². The number of likely N-dealkylation sites (tertiary alicyclic amines) is 1. The van der Waals surface area contributed by atoms with Gasteiger partial charge in [-0.25, -0.2) is 17.5 Å². The molecule has 1 unspecified atom stereocenters. The van der Waals surface area contributed by atoms with Gasteiger partial charge >= 0.3 is 0 Å². The van der Waals surface area contributed by atoms with Crippen molar-refractivity contribution in [3.05, 3.63) is 29.0 Å². The number of hydrogen-bond donors (Lipinski definition) is 2. The molecule has 0 aliphatic carbocycles. The number of nitrogens with zero attached hydrogens (tertiary/aromatic N) is 1. The number of nitrogens with one attached hydrogen (secondary N) is 1. The predicted octanol–water partition coefficient (Wildman–Crippen LogP) is 1.46. The Kier molecular flexibility index (Phi) is 6.17. The maximum absolute atomic E-state index is 13.1. The van der Waals surface area contributed by atoms with Gasteiger partial charge in [0.15, 0.2) is 0 Å². The largest absolute Gasteiger partial charge is 0.396 e. The Morgan fingerprint density at radius 1 is 1.45 bits per heavy atom. The van der Waals surface area contributed by atoms with Gasteiger partial charge in [-0.2, -0.15) is 0 Å². The third-order valence-corrected chi connectivity index (χ3v) is 5.53. The van der Waals surface area contributed by atoms with Crippen LogP contribution in [0.3, 0.4) is 0 Å². The summed E-state index contributed by atoms with van der Waals surface area (Å²) in [5.41, 5.74) is 0. The number of aliphatic hydroxyl groups is 1. The van der Waals surface area contributed by atoms with E-state index in [1.807, 2.05) is 0 Å². The predicted molar refractivity (Wildman–Crippen MR) is 82.8 cm³/mol. The maximum Gasteiger partial charge on any atom is 0.240 e. The molecule has 1 aliphatic heterocycles. The number of sulfonamides is 1. The quantitative estimate of drug-likeness (QED) is 0.815. The first-order valence-corrected chi connectivity index (χ1v) is 9.06. The third kappa shape index (κ3) is 4.63. The molecular formula is C14H20ClFN2O3S. The van der Waals surface area contributed by atoms with Gasteiger partial charge in [-0.15, -0.1) is 0 Å². The topological polar surface area (TPSA) is 69.6 Å². The molecule has 1 aromatic rings. The van der Waals surface area contributed by atoms with Crippen molar-refractivity contribution in [2.75, 3.05) is 32.8 Å². The van der Waals surface area contributed by atoms with E-state index in [9.17, 15) is 17.9 Å². The molecule has 1 aliphatic rings. The van der Waals surface area contributed by atoms with Crippen molar-refractivity contribution in [2.24, 2.45) is 5.92 Å². The van der Waals surface area contributed by atoms with Gasteiger partial charge in [0.2, 0.25) is 10.0 Å². The summed E-state index contributed by atoms with van der Waals surface area (Å²) in [4.78, 5) is 2.08. The van der Waals surface area contributed by atoms with Gasteiger partial charge in [-0.3, -0.25) is 0 Å². The SMILES string of the molecule is O=S(=O)(NCCN1CCCC(CO)C1)c1ccc(F)c(Cl)c1. The fourth-order valence-electron chi connectivity index (χ4n) is 2.57. The molecule has 1 heterocycles. The Morgan fingerprint density at radius 3 is 2.91 bits per heavy atom. The highest BCUT2D eigenvalue weighted by Gasteiger charge is 2.20. The van der Waals surface area contributed by atoms with Crippen molar-refractivity contribution in [3.63, 3.8) is 0 Å². The van der Waals surface area contributed by atoms with Crippen LogP contribution in [-0.2, 0) is 10.0 Å². The van der Waals surface area contributed by atoms with Crippen LogP contribution in [0, 0.1) is 11.7 Å². The summed E-state index contributed by atoms with van der Waals surface area (Å²) < 4.78 is 39.8. The lowest BCUT2D eigenvalue weighted by molar-refractivity contribution is 0.122. The van der Waals surface area contributed by atoms with Gasteiger partial charge in [0.25, 0.3) is 0 Å². The second-order valence-corrected chi connectivity index (χ2v) is 7.64. The Bertz CT molecular complexity index is 612.